The molecule has 0 spiro atoms. The molecule has 1 aromatic carbocycles. The third kappa shape index (κ3) is 2.45. The Balaban J connectivity index is 2.47. The normalized spacial score (nSPS) is 20.7. The molecule has 0 aliphatic carbocycles. The minimum absolute atomic E-state index is 0.00516. The molecule has 90 valence electrons. The minimum atomic E-state index is -0.278. The summed E-state index contributed by atoms with van der Waals surface area (Å²) in [4.78, 5) is 11.4. The summed E-state index contributed by atoms with van der Waals surface area (Å²) in [5.74, 6) is -0.00516. The fraction of sp³-hybridized carbons (Fsp3) is 0.333. The molecule has 0 unspecified atom stereocenters. The predicted octanol–water partition coefficient (Wildman–Crippen LogP) is 2.64. The van der Waals surface area contributed by atoms with Gasteiger partial charge in [0.1, 0.15) is 0 Å². The van der Waals surface area contributed by atoms with Gasteiger partial charge in [-0.1, -0.05) is 29.3 Å². The van der Waals surface area contributed by atoms with E-state index in [1.165, 1.54) is 0 Å². The Morgan fingerprint density at radius 3 is 2.41 bits per heavy atom. The van der Waals surface area contributed by atoms with Crippen molar-refractivity contribution in [3.8, 4) is 0 Å². The molecule has 1 aliphatic rings. The van der Waals surface area contributed by atoms with Gasteiger partial charge >= 0.3 is 0 Å². The van der Waals surface area contributed by atoms with Crippen LogP contribution < -0.4 is 5.43 Å². The first-order chi connectivity index (χ1) is 7.90. The summed E-state index contributed by atoms with van der Waals surface area (Å²) in [5.41, 5.74) is 3.20. The molecule has 1 aromatic rings. The van der Waals surface area contributed by atoms with Gasteiger partial charge in [0, 0.05) is 13.8 Å². The number of rotatable bonds is 1. The maximum absolute atomic E-state index is 11.4. The first-order valence-corrected chi connectivity index (χ1v) is 6.03. The summed E-state index contributed by atoms with van der Waals surface area (Å²) >= 11 is 12.2. The van der Waals surface area contributed by atoms with E-state index in [0.29, 0.717) is 22.0 Å². The fourth-order valence-corrected chi connectivity index (χ4v) is 2.27. The van der Waals surface area contributed by atoms with E-state index in [4.69, 9.17) is 23.2 Å². The van der Waals surface area contributed by atoms with Gasteiger partial charge in [-0.2, -0.15) is 0 Å². The number of hydrazone groups is 1. The summed E-state index contributed by atoms with van der Waals surface area (Å²) in [6.45, 7) is 3.96. The molecule has 1 amide bonds. The molecule has 1 N–H and O–H groups in total. The van der Waals surface area contributed by atoms with Crippen LogP contribution in [0.4, 0.5) is 0 Å². The van der Waals surface area contributed by atoms with Gasteiger partial charge < -0.3 is 0 Å². The predicted molar refractivity (Wildman–Crippen MR) is 68.7 cm³/mol. The second-order valence-corrected chi connectivity index (χ2v) is 5.47. The van der Waals surface area contributed by atoms with E-state index in [2.05, 4.69) is 5.43 Å². The number of nitrogens with one attached hydrogen (secondary N) is 1. The lowest BCUT2D eigenvalue weighted by Gasteiger charge is -2.10. The van der Waals surface area contributed by atoms with Crippen LogP contribution in [0.15, 0.2) is 18.2 Å². The lowest BCUT2D eigenvalue weighted by molar-refractivity contribution is -0.620. The molecule has 1 heterocycles. The van der Waals surface area contributed by atoms with Crippen LogP contribution in [0.25, 0.3) is 0 Å². The summed E-state index contributed by atoms with van der Waals surface area (Å²) in [6, 6.07) is 5.32. The highest BCUT2D eigenvalue weighted by Crippen LogP contribution is 2.24. The first-order valence-electron chi connectivity index (χ1n) is 5.28. The number of benzene rings is 1. The van der Waals surface area contributed by atoms with E-state index >= 15 is 0 Å². The van der Waals surface area contributed by atoms with Gasteiger partial charge in [0.15, 0.2) is 5.54 Å². The first kappa shape index (κ1) is 12.4. The average molecular weight is 272 g/mol. The molecule has 1 saturated heterocycles. The smallest absolute Gasteiger partial charge is 0.269 e. The Hall–Kier alpha value is -1.06. The van der Waals surface area contributed by atoms with Crippen molar-refractivity contribution >= 4 is 35.3 Å². The van der Waals surface area contributed by atoms with E-state index in [-0.39, 0.29) is 11.4 Å². The van der Waals surface area contributed by atoms with Gasteiger partial charge in [-0.3, -0.25) is 4.79 Å². The summed E-state index contributed by atoms with van der Waals surface area (Å²) in [6.07, 6.45) is 2.22. The van der Waals surface area contributed by atoms with Crippen LogP contribution in [-0.4, -0.2) is 22.3 Å². The monoisotopic (exact) mass is 271 g/mol. The molecule has 3 nitrogen and oxygen atoms in total. The van der Waals surface area contributed by atoms with Crippen molar-refractivity contribution in [2.45, 2.75) is 25.8 Å². The number of carbonyl (C=O) groups excluding carboxylic acids is 1. The molecular formula is C12H13Cl2N2O+. The Kier molecular flexibility index (Phi) is 3.15. The maximum atomic E-state index is 11.4. The number of carbonyl (C=O) groups is 1. The van der Waals surface area contributed by atoms with Crippen LogP contribution in [0.3, 0.4) is 0 Å². The number of amides is 1. The Bertz CT molecular complexity index is 489. The highest BCUT2D eigenvalue weighted by Gasteiger charge is 2.42. The van der Waals surface area contributed by atoms with Gasteiger partial charge in [-0.25, -0.2) is 0 Å². The number of hydrogen-bond donors (Lipinski definition) is 1. The van der Waals surface area contributed by atoms with Crippen molar-refractivity contribution in [1.29, 1.82) is 0 Å². The largest absolute Gasteiger partial charge is 0.281 e. The Morgan fingerprint density at radius 1 is 1.35 bits per heavy atom. The number of nitrogens with zero attached hydrogens (tertiary/aromatic N) is 1. The van der Waals surface area contributed by atoms with Gasteiger partial charge in [0.25, 0.3) is 5.91 Å². The molecule has 1 aliphatic heterocycles. The zero-order valence-corrected chi connectivity index (χ0v) is 11.1. The Labute approximate surface area is 110 Å². The summed E-state index contributed by atoms with van der Waals surface area (Å²) < 4.78 is 1.75. The zero-order valence-electron chi connectivity index (χ0n) is 9.63. The molecule has 0 radical (unpaired) electrons. The minimum Gasteiger partial charge on any atom is -0.269 e. The van der Waals surface area contributed by atoms with Crippen molar-refractivity contribution in [1.82, 2.24) is 5.43 Å². The molecule has 0 aromatic heterocycles. The summed E-state index contributed by atoms with van der Waals surface area (Å²) in [7, 11) is 0. The van der Waals surface area contributed by atoms with Crippen molar-refractivity contribution in [3.05, 3.63) is 33.8 Å². The van der Waals surface area contributed by atoms with E-state index in [1.807, 2.05) is 13.8 Å². The van der Waals surface area contributed by atoms with Gasteiger partial charge in [0.2, 0.25) is 6.21 Å². The molecule has 0 saturated carbocycles. The second-order valence-electron chi connectivity index (χ2n) is 4.66. The molecule has 5 heteroatoms. The summed E-state index contributed by atoms with van der Waals surface area (Å²) in [5, 5.41) is 1.13. The van der Waals surface area contributed by atoms with Crippen LogP contribution in [0.5, 0.6) is 0 Å². The van der Waals surface area contributed by atoms with Crippen molar-refractivity contribution in [2.24, 2.45) is 0 Å². The van der Waals surface area contributed by atoms with Crippen LogP contribution >= 0.6 is 23.2 Å². The topological polar surface area (TPSA) is 32.1 Å². The van der Waals surface area contributed by atoms with Crippen LogP contribution in [0, 0.1) is 0 Å². The molecular weight excluding hydrogens is 259 g/mol. The fourth-order valence-electron chi connectivity index (χ4n) is 1.77. The molecule has 0 atom stereocenters. The van der Waals surface area contributed by atoms with E-state index < -0.39 is 0 Å². The average Bonchev–Trinajstić information content (AvgIpc) is 2.45. The second kappa shape index (κ2) is 4.31. The van der Waals surface area contributed by atoms with Crippen LogP contribution in [-0.2, 0) is 4.79 Å². The molecule has 17 heavy (non-hydrogen) atoms. The lowest BCUT2D eigenvalue weighted by atomic mass is 10.0. The van der Waals surface area contributed by atoms with Crippen molar-refractivity contribution < 1.29 is 9.48 Å². The molecule has 0 bridgehead atoms. The quantitative estimate of drug-likeness (QED) is 0.783. The Morgan fingerprint density at radius 2 is 1.94 bits per heavy atom. The lowest BCUT2D eigenvalue weighted by Crippen LogP contribution is -2.36. The van der Waals surface area contributed by atoms with Crippen LogP contribution in [0.2, 0.25) is 10.0 Å². The van der Waals surface area contributed by atoms with E-state index in [0.717, 1.165) is 0 Å². The zero-order chi connectivity index (χ0) is 12.6. The van der Waals surface area contributed by atoms with Gasteiger partial charge in [-0.05, 0) is 12.1 Å². The number of hydrogen-bond acceptors (Lipinski definition) is 1. The molecule has 1 fully saturated rings. The van der Waals surface area contributed by atoms with Crippen molar-refractivity contribution in [3.63, 3.8) is 0 Å². The van der Waals surface area contributed by atoms with E-state index in [1.54, 1.807) is 29.1 Å². The molecule has 2 rings (SSSR count). The standard InChI is InChI=1S/C12H12Cl2N2O/c1-12(2)6-11(17)15-16(12)7-8-9(13)4-3-5-10(8)14/h3-5,7H,6H2,1-2H3/p+1/b16-7+. The van der Waals surface area contributed by atoms with Crippen LogP contribution in [0.1, 0.15) is 25.8 Å². The highest BCUT2D eigenvalue weighted by molar-refractivity contribution is 6.38. The van der Waals surface area contributed by atoms with Crippen molar-refractivity contribution in [2.75, 3.05) is 0 Å². The highest BCUT2D eigenvalue weighted by atomic mass is 35.5. The third-order valence-corrected chi connectivity index (χ3v) is 3.41. The van der Waals surface area contributed by atoms with Gasteiger partial charge in [-0.15, -0.1) is 10.1 Å². The number of hydrazine groups is 1. The third-order valence-electron chi connectivity index (χ3n) is 2.75. The SMILES string of the molecule is CC1(C)CC(=O)N/[N+]1=C/c1c(Cl)cccc1Cl. The van der Waals surface area contributed by atoms with Gasteiger partial charge in [0.05, 0.1) is 22.0 Å². The van der Waals surface area contributed by atoms with E-state index in [9.17, 15) is 4.79 Å². The maximum Gasteiger partial charge on any atom is 0.281 e. The number of halogens is 2.